The number of rotatable bonds is 7. The highest BCUT2D eigenvalue weighted by Gasteiger charge is 2.27. The highest BCUT2D eigenvalue weighted by atomic mass is 16.4. The molecule has 1 saturated heterocycles. The molecule has 2 N–H and O–H groups in total. The number of unbranched alkanes of at least 4 members (excludes halogenated alkanes) is 3. The SMILES string of the molecule is C=CCCCCCC1CCC(C(=O)O)N1. The monoisotopic (exact) mass is 211 g/mol. The molecule has 0 saturated carbocycles. The fourth-order valence-electron chi connectivity index (χ4n) is 2.10. The molecule has 0 bridgehead atoms. The van der Waals surface area contributed by atoms with Crippen molar-refractivity contribution in [2.24, 2.45) is 0 Å². The maximum absolute atomic E-state index is 10.7. The number of carboxylic acids is 1. The Bertz CT molecular complexity index is 216. The predicted molar refractivity (Wildman–Crippen MR) is 60.9 cm³/mol. The van der Waals surface area contributed by atoms with E-state index in [1.54, 1.807) is 0 Å². The molecule has 1 aliphatic rings. The molecule has 3 nitrogen and oxygen atoms in total. The number of allylic oxidation sites excluding steroid dienone is 1. The number of carbonyl (C=O) groups is 1. The predicted octanol–water partition coefficient (Wildman–Crippen LogP) is 2.33. The van der Waals surface area contributed by atoms with E-state index in [0.717, 1.165) is 25.7 Å². The lowest BCUT2D eigenvalue weighted by Crippen LogP contribution is -2.35. The highest BCUT2D eigenvalue weighted by molar-refractivity contribution is 5.73. The molecule has 3 heteroatoms. The lowest BCUT2D eigenvalue weighted by atomic mass is 10.1. The molecule has 0 aromatic carbocycles. The first kappa shape index (κ1) is 12.2. The van der Waals surface area contributed by atoms with Gasteiger partial charge in [0.25, 0.3) is 0 Å². The van der Waals surface area contributed by atoms with Crippen LogP contribution >= 0.6 is 0 Å². The van der Waals surface area contributed by atoms with Crippen LogP contribution in [0.2, 0.25) is 0 Å². The summed E-state index contributed by atoms with van der Waals surface area (Å²) in [7, 11) is 0. The van der Waals surface area contributed by atoms with Gasteiger partial charge in [0.15, 0.2) is 0 Å². The van der Waals surface area contributed by atoms with E-state index in [9.17, 15) is 4.79 Å². The molecule has 86 valence electrons. The van der Waals surface area contributed by atoms with Crippen LogP contribution in [0, 0.1) is 0 Å². The highest BCUT2D eigenvalue weighted by Crippen LogP contribution is 2.18. The topological polar surface area (TPSA) is 49.3 Å². The summed E-state index contributed by atoms with van der Waals surface area (Å²) in [5.41, 5.74) is 0. The van der Waals surface area contributed by atoms with Gasteiger partial charge in [-0.3, -0.25) is 4.79 Å². The minimum atomic E-state index is -0.704. The van der Waals surface area contributed by atoms with Gasteiger partial charge < -0.3 is 10.4 Å². The van der Waals surface area contributed by atoms with Gasteiger partial charge in [0.1, 0.15) is 6.04 Å². The molecule has 0 aromatic heterocycles. The maximum Gasteiger partial charge on any atom is 0.320 e. The van der Waals surface area contributed by atoms with Crippen LogP contribution in [0.25, 0.3) is 0 Å². The molecule has 1 aliphatic heterocycles. The molecule has 0 spiro atoms. The van der Waals surface area contributed by atoms with Gasteiger partial charge in [-0.1, -0.05) is 18.9 Å². The van der Waals surface area contributed by atoms with Crippen molar-refractivity contribution >= 4 is 5.97 Å². The number of hydrogen-bond donors (Lipinski definition) is 2. The van der Waals surface area contributed by atoms with Crippen LogP contribution in [-0.2, 0) is 4.79 Å². The summed E-state index contributed by atoms with van der Waals surface area (Å²) in [6.45, 7) is 3.69. The van der Waals surface area contributed by atoms with Crippen molar-refractivity contribution in [2.45, 2.75) is 57.0 Å². The van der Waals surface area contributed by atoms with E-state index in [1.165, 1.54) is 19.3 Å². The van der Waals surface area contributed by atoms with Crippen molar-refractivity contribution in [3.05, 3.63) is 12.7 Å². The maximum atomic E-state index is 10.7. The molecule has 2 unspecified atom stereocenters. The van der Waals surface area contributed by atoms with E-state index in [0.29, 0.717) is 6.04 Å². The number of aliphatic carboxylic acids is 1. The summed E-state index contributed by atoms with van der Waals surface area (Å²) in [4.78, 5) is 10.7. The van der Waals surface area contributed by atoms with Crippen molar-refractivity contribution in [1.82, 2.24) is 5.32 Å². The van der Waals surface area contributed by atoms with Crippen LogP contribution in [0.5, 0.6) is 0 Å². The molecule has 2 atom stereocenters. The lowest BCUT2D eigenvalue weighted by molar-refractivity contribution is -0.139. The van der Waals surface area contributed by atoms with E-state index in [2.05, 4.69) is 11.9 Å². The Balaban J connectivity index is 2.03. The van der Waals surface area contributed by atoms with Crippen LogP contribution in [0.1, 0.15) is 44.9 Å². The third-order valence-electron chi connectivity index (χ3n) is 3.00. The van der Waals surface area contributed by atoms with E-state index in [-0.39, 0.29) is 6.04 Å². The van der Waals surface area contributed by atoms with E-state index >= 15 is 0 Å². The molecule has 15 heavy (non-hydrogen) atoms. The number of carboxylic acid groups (broad SMARTS) is 1. The minimum absolute atomic E-state index is 0.303. The van der Waals surface area contributed by atoms with Crippen LogP contribution in [0.3, 0.4) is 0 Å². The summed E-state index contributed by atoms with van der Waals surface area (Å²) in [6.07, 6.45) is 9.58. The Hall–Kier alpha value is -0.830. The van der Waals surface area contributed by atoms with Gasteiger partial charge in [0.2, 0.25) is 0 Å². The third kappa shape index (κ3) is 4.47. The van der Waals surface area contributed by atoms with E-state index < -0.39 is 5.97 Å². The molecule has 0 radical (unpaired) electrons. The minimum Gasteiger partial charge on any atom is -0.480 e. The Morgan fingerprint density at radius 2 is 2.20 bits per heavy atom. The first-order valence-corrected chi connectivity index (χ1v) is 5.83. The van der Waals surface area contributed by atoms with Gasteiger partial charge in [-0.05, 0) is 32.1 Å². The van der Waals surface area contributed by atoms with Crippen LogP contribution in [0.4, 0.5) is 0 Å². The number of nitrogens with one attached hydrogen (secondary N) is 1. The molecule has 1 fully saturated rings. The van der Waals surface area contributed by atoms with Crippen LogP contribution in [-0.4, -0.2) is 23.2 Å². The molecular weight excluding hydrogens is 190 g/mol. The molecule has 1 rings (SSSR count). The van der Waals surface area contributed by atoms with Crippen molar-refractivity contribution in [3.8, 4) is 0 Å². The summed E-state index contributed by atoms with van der Waals surface area (Å²) in [6, 6.07) is 0.123. The first-order valence-electron chi connectivity index (χ1n) is 5.83. The van der Waals surface area contributed by atoms with E-state index in [1.807, 2.05) is 6.08 Å². The molecule has 0 aromatic rings. The van der Waals surface area contributed by atoms with Crippen LogP contribution < -0.4 is 5.32 Å². The lowest BCUT2D eigenvalue weighted by Gasteiger charge is -2.11. The summed E-state index contributed by atoms with van der Waals surface area (Å²) in [5.74, 6) is -0.704. The van der Waals surface area contributed by atoms with Crippen LogP contribution in [0.15, 0.2) is 12.7 Å². The normalized spacial score (nSPS) is 25.3. The van der Waals surface area contributed by atoms with E-state index in [4.69, 9.17) is 5.11 Å². The average molecular weight is 211 g/mol. The van der Waals surface area contributed by atoms with Crippen molar-refractivity contribution in [2.75, 3.05) is 0 Å². The third-order valence-corrected chi connectivity index (χ3v) is 3.00. The smallest absolute Gasteiger partial charge is 0.320 e. The largest absolute Gasteiger partial charge is 0.480 e. The molecular formula is C12H21NO2. The first-order chi connectivity index (χ1) is 7.24. The molecule has 0 aliphatic carbocycles. The second-order valence-corrected chi connectivity index (χ2v) is 4.26. The standard InChI is InChI=1S/C12H21NO2/c1-2-3-4-5-6-7-10-8-9-11(13-10)12(14)15/h2,10-11,13H,1,3-9H2,(H,14,15). The quantitative estimate of drug-likeness (QED) is 0.502. The van der Waals surface area contributed by atoms with Gasteiger partial charge >= 0.3 is 5.97 Å². The van der Waals surface area contributed by atoms with Gasteiger partial charge in [-0.15, -0.1) is 6.58 Å². The fraction of sp³-hybridized carbons (Fsp3) is 0.750. The van der Waals surface area contributed by atoms with Gasteiger partial charge in [-0.25, -0.2) is 0 Å². The van der Waals surface area contributed by atoms with Gasteiger partial charge in [-0.2, -0.15) is 0 Å². The second-order valence-electron chi connectivity index (χ2n) is 4.26. The van der Waals surface area contributed by atoms with Crippen molar-refractivity contribution < 1.29 is 9.90 Å². The summed E-state index contributed by atoms with van der Waals surface area (Å²) in [5, 5.41) is 12.0. The Labute approximate surface area is 91.6 Å². The fourth-order valence-corrected chi connectivity index (χ4v) is 2.10. The second kappa shape index (κ2) is 6.62. The molecule has 1 heterocycles. The summed E-state index contributed by atoms with van der Waals surface area (Å²) < 4.78 is 0. The Morgan fingerprint density at radius 1 is 1.40 bits per heavy atom. The Kier molecular flexibility index (Phi) is 5.40. The van der Waals surface area contributed by atoms with Gasteiger partial charge in [0, 0.05) is 6.04 Å². The average Bonchev–Trinajstić information content (AvgIpc) is 2.66. The summed E-state index contributed by atoms with van der Waals surface area (Å²) >= 11 is 0. The van der Waals surface area contributed by atoms with Crippen molar-refractivity contribution in [1.29, 1.82) is 0 Å². The zero-order valence-corrected chi connectivity index (χ0v) is 9.24. The Morgan fingerprint density at radius 3 is 2.80 bits per heavy atom. The van der Waals surface area contributed by atoms with Gasteiger partial charge in [0.05, 0.1) is 0 Å². The molecule has 0 amide bonds. The zero-order valence-electron chi connectivity index (χ0n) is 9.24. The number of hydrogen-bond acceptors (Lipinski definition) is 2. The zero-order chi connectivity index (χ0) is 11.1. The van der Waals surface area contributed by atoms with Crippen molar-refractivity contribution in [3.63, 3.8) is 0 Å².